The van der Waals surface area contributed by atoms with E-state index < -0.39 is 0 Å². The van der Waals surface area contributed by atoms with Gasteiger partial charge in [-0.2, -0.15) is 9.46 Å². The minimum Gasteiger partial charge on any atom is -0.618 e. The largest absolute Gasteiger partial charge is 0.618 e. The summed E-state index contributed by atoms with van der Waals surface area (Å²) in [7, 11) is 0. The molecule has 1 aromatic carbocycles. The lowest BCUT2D eigenvalue weighted by Gasteiger charge is -2.12. The average molecular weight is 420 g/mol. The van der Waals surface area contributed by atoms with Gasteiger partial charge in [-0.1, -0.05) is 45.2 Å². The Bertz CT molecular complexity index is 650. The maximum Gasteiger partial charge on any atom is 0.294 e. The van der Waals surface area contributed by atoms with Crippen molar-refractivity contribution < 1.29 is 14.2 Å². The van der Waals surface area contributed by atoms with Crippen molar-refractivity contribution in [2.24, 2.45) is 0 Å². The molecule has 0 N–H and O–H groups in total. The number of hydrogen-bond donors (Lipinski definition) is 0. The first-order chi connectivity index (χ1) is 10.1. The van der Waals surface area contributed by atoms with Crippen molar-refractivity contribution in [1.29, 1.82) is 0 Å². The van der Waals surface area contributed by atoms with Crippen LogP contribution in [0.25, 0.3) is 11.0 Å². The summed E-state index contributed by atoms with van der Waals surface area (Å²) in [5.41, 5.74) is 1.47. The van der Waals surface area contributed by atoms with E-state index in [-0.39, 0.29) is 0 Å². The van der Waals surface area contributed by atoms with E-state index >= 15 is 0 Å². The lowest BCUT2D eigenvalue weighted by molar-refractivity contribution is -0.638. The van der Waals surface area contributed by atoms with Gasteiger partial charge >= 0.3 is 0 Å². The van der Waals surface area contributed by atoms with Crippen molar-refractivity contribution in [3.05, 3.63) is 40.0 Å². The first-order valence-corrected chi connectivity index (χ1v) is 8.93. The summed E-state index contributed by atoms with van der Waals surface area (Å²) in [4.78, 5) is 0. The van der Waals surface area contributed by atoms with E-state index in [1.807, 2.05) is 0 Å². The standard InChI is InChI=1S/C14H16Br2N2O3/c1-2-3-6-21-10-4-5-11-12(7-10)18(20)14(9-16)13(8-15)17(11)19/h4-5,7H,2-3,6,8-9H2,1H3. The molecule has 0 fully saturated rings. The second-order valence-corrected chi connectivity index (χ2v) is 5.72. The summed E-state index contributed by atoms with van der Waals surface area (Å²) in [5.74, 6) is 0.604. The zero-order chi connectivity index (χ0) is 15.4. The highest BCUT2D eigenvalue weighted by molar-refractivity contribution is 9.09. The topological polar surface area (TPSA) is 63.1 Å². The Morgan fingerprint density at radius 1 is 1.05 bits per heavy atom. The first kappa shape index (κ1) is 16.3. The van der Waals surface area contributed by atoms with Crippen LogP contribution in [0.1, 0.15) is 31.2 Å². The first-order valence-electron chi connectivity index (χ1n) is 6.69. The highest BCUT2D eigenvalue weighted by Crippen LogP contribution is 2.19. The Balaban J connectivity index is 2.53. The molecule has 0 radical (unpaired) electrons. The maximum absolute atomic E-state index is 12.4. The number of nitrogens with zero attached hydrogens (tertiary/aromatic N) is 2. The van der Waals surface area contributed by atoms with Gasteiger partial charge in [-0.05, 0) is 12.5 Å². The lowest BCUT2D eigenvalue weighted by atomic mass is 10.2. The number of rotatable bonds is 6. The second-order valence-electron chi connectivity index (χ2n) is 4.60. The van der Waals surface area contributed by atoms with E-state index in [4.69, 9.17) is 4.74 Å². The minimum atomic E-state index is 0.316. The summed E-state index contributed by atoms with van der Waals surface area (Å²) in [6, 6.07) is 4.97. The van der Waals surface area contributed by atoms with E-state index in [0.29, 0.717) is 45.4 Å². The number of aromatic nitrogens is 2. The normalized spacial score (nSPS) is 11.0. The molecule has 114 valence electrons. The quantitative estimate of drug-likeness (QED) is 0.313. The number of ether oxygens (including phenoxy) is 1. The summed E-state index contributed by atoms with van der Waals surface area (Å²) < 4.78 is 7.18. The van der Waals surface area contributed by atoms with Crippen molar-refractivity contribution >= 4 is 42.9 Å². The Morgan fingerprint density at radius 3 is 2.24 bits per heavy atom. The maximum atomic E-state index is 12.4. The molecule has 5 nitrogen and oxygen atoms in total. The summed E-state index contributed by atoms with van der Waals surface area (Å²) in [5, 5.41) is 25.4. The van der Waals surface area contributed by atoms with Crippen LogP contribution >= 0.6 is 31.9 Å². The SMILES string of the molecule is CCCCOc1ccc2c(c1)[n+]([O-])c(CBr)c(CBr)[n+]2[O-]. The number of benzene rings is 1. The molecule has 7 heteroatoms. The molecule has 2 aromatic rings. The molecule has 0 bridgehead atoms. The molecule has 2 rings (SSSR count). The van der Waals surface area contributed by atoms with Gasteiger partial charge in [-0.3, -0.25) is 0 Å². The van der Waals surface area contributed by atoms with Crippen molar-refractivity contribution in [1.82, 2.24) is 0 Å². The highest BCUT2D eigenvalue weighted by Gasteiger charge is 2.26. The van der Waals surface area contributed by atoms with E-state index in [1.165, 1.54) is 0 Å². The fraction of sp³-hybridized carbons (Fsp3) is 0.429. The van der Waals surface area contributed by atoms with Crippen LogP contribution < -0.4 is 14.2 Å². The highest BCUT2D eigenvalue weighted by atomic mass is 79.9. The van der Waals surface area contributed by atoms with E-state index in [2.05, 4.69) is 38.8 Å². The van der Waals surface area contributed by atoms with Gasteiger partial charge in [0.2, 0.25) is 0 Å². The molecule has 0 saturated heterocycles. The Morgan fingerprint density at radius 2 is 1.67 bits per heavy atom. The molecule has 1 heterocycles. The summed E-state index contributed by atoms with van der Waals surface area (Å²) in [6.07, 6.45) is 1.99. The molecule has 21 heavy (non-hydrogen) atoms. The third-order valence-corrected chi connectivity index (χ3v) is 4.29. The smallest absolute Gasteiger partial charge is 0.294 e. The van der Waals surface area contributed by atoms with Crippen molar-refractivity contribution in [3.63, 3.8) is 0 Å². The molecule has 0 spiro atoms. The minimum absolute atomic E-state index is 0.316. The van der Waals surface area contributed by atoms with Crippen LogP contribution in [0.5, 0.6) is 5.75 Å². The Hall–Kier alpha value is -1.08. The molecule has 1 aromatic heterocycles. The van der Waals surface area contributed by atoms with E-state index in [0.717, 1.165) is 22.3 Å². The van der Waals surface area contributed by atoms with Gasteiger partial charge < -0.3 is 15.2 Å². The number of alkyl halides is 2. The summed E-state index contributed by atoms with van der Waals surface area (Å²) >= 11 is 6.52. The monoisotopic (exact) mass is 418 g/mol. The predicted octanol–water partition coefficient (Wildman–Crippen LogP) is 3.08. The van der Waals surface area contributed by atoms with Crippen molar-refractivity contribution in [3.8, 4) is 5.75 Å². The predicted molar refractivity (Wildman–Crippen MR) is 87.5 cm³/mol. The van der Waals surface area contributed by atoms with Crippen LogP contribution in [0, 0.1) is 10.4 Å². The van der Waals surface area contributed by atoms with Crippen LogP contribution in [0.15, 0.2) is 18.2 Å². The van der Waals surface area contributed by atoms with E-state index in [1.54, 1.807) is 18.2 Å². The lowest BCUT2D eigenvalue weighted by Crippen LogP contribution is -2.45. The Labute approximate surface area is 140 Å². The number of unbranched alkanes of at least 4 members (excludes halogenated alkanes) is 1. The molecule has 0 saturated carbocycles. The molecule has 0 amide bonds. The molecule has 0 aliphatic carbocycles. The molecule has 0 atom stereocenters. The van der Waals surface area contributed by atoms with Crippen LogP contribution in [0.4, 0.5) is 0 Å². The van der Waals surface area contributed by atoms with E-state index in [9.17, 15) is 10.4 Å². The van der Waals surface area contributed by atoms with Gasteiger partial charge in [0.15, 0.2) is 0 Å². The third-order valence-electron chi connectivity index (χ3n) is 3.23. The van der Waals surface area contributed by atoms with Gasteiger partial charge in [0, 0.05) is 6.07 Å². The number of hydrogen-bond acceptors (Lipinski definition) is 3. The number of fused-ring (bicyclic) bond motifs is 1. The van der Waals surface area contributed by atoms with Gasteiger partial charge in [-0.15, -0.1) is 0 Å². The molecule has 0 aliphatic rings. The van der Waals surface area contributed by atoms with Gasteiger partial charge in [-0.25, -0.2) is 0 Å². The van der Waals surface area contributed by atoms with Crippen LogP contribution in [0.3, 0.4) is 0 Å². The van der Waals surface area contributed by atoms with Gasteiger partial charge in [0.25, 0.3) is 22.4 Å². The Kier molecular flexibility index (Phi) is 5.64. The third kappa shape index (κ3) is 3.23. The van der Waals surface area contributed by atoms with Crippen molar-refractivity contribution in [2.75, 3.05) is 6.61 Å². The average Bonchev–Trinajstić information content (AvgIpc) is 2.50. The second kappa shape index (κ2) is 7.26. The molecule has 0 unspecified atom stereocenters. The zero-order valence-electron chi connectivity index (χ0n) is 11.6. The van der Waals surface area contributed by atoms with Crippen LogP contribution in [0.2, 0.25) is 0 Å². The van der Waals surface area contributed by atoms with Crippen molar-refractivity contribution in [2.45, 2.75) is 30.4 Å². The van der Waals surface area contributed by atoms with Gasteiger partial charge in [0.05, 0.1) is 23.3 Å². The molecule has 0 aliphatic heterocycles. The number of halogens is 2. The summed E-state index contributed by atoms with van der Waals surface area (Å²) in [6.45, 7) is 2.68. The zero-order valence-corrected chi connectivity index (χ0v) is 14.8. The fourth-order valence-electron chi connectivity index (χ4n) is 2.05. The fourth-order valence-corrected chi connectivity index (χ4v) is 3.15. The van der Waals surface area contributed by atoms with Gasteiger partial charge in [0.1, 0.15) is 5.75 Å². The molecular formula is C14H16Br2N2O3. The molecular weight excluding hydrogens is 404 g/mol. The van der Waals surface area contributed by atoms with Crippen LogP contribution in [-0.4, -0.2) is 6.61 Å². The van der Waals surface area contributed by atoms with Crippen LogP contribution in [-0.2, 0) is 10.7 Å².